The van der Waals surface area contributed by atoms with Gasteiger partial charge in [-0.15, -0.1) is 0 Å². The lowest BCUT2D eigenvalue weighted by Crippen LogP contribution is -2.22. The Bertz CT molecular complexity index is 355. The summed E-state index contributed by atoms with van der Waals surface area (Å²) in [5.74, 6) is 0.969. The van der Waals surface area contributed by atoms with Crippen molar-refractivity contribution in [1.29, 1.82) is 0 Å². The zero-order valence-corrected chi connectivity index (χ0v) is 13.8. The molecule has 0 saturated heterocycles. The van der Waals surface area contributed by atoms with Crippen molar-refractivity contribution < 1.29 is 4.74 Å². The molecule has 3 heteroatoms. The maximum Gasteiger partial charge on any atom is 0.121 e. The number of unbranched alkanes of at least 4 members (excludes halogenated alkanes) is 4. The fraction of sp³-hybridized carbons (Fsp3) is 0.667. The molecule has 0 atom stereocenters. The molecule has 1 aromatic rings. The van der Waals surface area contributed by atoms with Gasteiger partial charge in [-0.3, -0.25) is 0 Å². The van der Waals surface area contributed by atoms with Crippen LogP contribution in [-0.2, 0) is 0 Å². The normalized spacial score (nSPS) is 10.6. The highest BCUT2D eigenvalue weighted by molar-refractivity contribution is 5.48. The first-order valence-corrected chi connectivity index (χ1v) is 8.54. The lowest BCUT2D eigenvalue weighted by Gasteiger charge is -2.10. The first-order chi connectivity index (χ1) is 10.4. The van der Waals surface area contributed by atoms with Crippen LogP contribution in [0.2, 0.25) is 0 Å². The van der Waals surface area contributed by atoms with Crippen LogP contribution in [0.5, 0.6) is 5.75 Å². The van der Waals surface area contributed by atoms with E-state index in [-0.39, 0.29) is 0 Å². The van der Waals surface area contributed by atoms with Crippen LogP contribution >= 0.6 is 0 Å². The van der Waals surface area contributed by atoms with E-state index in [1.54, 1.807) is 0 Å². The molecule has 1 rings (SSSR count). The van der Waals surface area contributed by atoms with Gasteiger partial charge in [0.2, 0.25) is 0 Å². The van der Waals surface area contributed by atoms with E-state index < -0.39 is 0 Å². The summed E-state index contributed by atoms with van der Waals surface area (Å²) in [6, 6.07) is 8.26. The summed E-state index contributed by atoms with van der Waals surface area (Å²) in [5.41, 5.74) is 1.14. The molecule has 0 bridgehead atoms. The molecule has 3 nitrogen and oxygen atoms in total. The molecule has 21 heavy (non-hydrogen) atoms. The van der Waals surface area contributed by atoms with E-state index in [1.165, 1.54) is 32.1 Å². The van der Waals surface area contributed by atoms with E-state index in [1.807, 2.05) is 12.1 Å². The molecule has 1 aromatic carbocycles. The summed E-state index contributed by atoms with van der Waals surface area (Å²) in [7, 11) is 0. The highest BCUT2D eigenvalue weighted by atomic mass is 16.5. The standard InChI is InChI=1S/C18H32N2O/c1-3-5-6-7-8-15-21-18-11-9-10-17(16-18)20-14-13-19-12-4-2/h9-11,16,19-20H,3-8,12-15H2,1-2H3. The van der Waals surface area contributed by atoms with Crippen LogP contribution < -0.4 is 15.4 Å². The smallest absolute Gasteiger partial charge is 0.121 e. The summed E-state index contributed by atoms with van der Waals surface area (Å²) in [6.07, 6.45) is 7.56. The lowest BCUT2D eigenvalue weighted by atomic mass is 10.2. The number of benzene rings is 1. The van der Waals surface area contributed by atoms with Crippen LogP contribution in [0.1, 0.15) is 52.4 Å². The van der Waals surface area contributed by atoms with E-state index in [9.17, 15) is 0 Å². The van der Waals surface area contributed by atoms with Gasteiger partial charge in [0.15, 0.2) is 0 Å². The van der Waals surface area contributed by atoms with Crippen LogP contribution in [0.4, 0.5) is 5.69 Å². The molecule has 0 fully saturated rings. The Morgan fingerprint density at radius 1 is 0.905 bits per heavy atom. The molecule has 0 aliphatic heterocycles. The van der Waals surface area contributed by atoms with Crippen LogP contribution in [0, 0.1) is 0 Å². The van der Waals surface area contributed by atoms with E-state index >= 15 is 0 Å². The van der Waals surface area contributed by atoms with Gasteiger partial charge < -0.3 is 15.4 Å². The average Bonchev–Trinajstić information content (AvgIpc) is 2.51. The first kappa shape index (κ1) is 17.8. The van der Waals surface area contributed by atoms with Crippen LogP contribution in [0.3, 0.4) is 0 Å². The lowest BCUT2D eigenvalue weighted by molar-refractivity contribution is 0.304. The number of hydrogen-bond donors (Lipinski definition) is 2. The van der Waals surface area contributed by atoms with Crippen LogP contribution in [0.25, 0.3) is 0 Å². The fourth-order valence-electron chi connectivity index (χ4n) is 2.19. The van der Waals surface area contributed by atoms with Crippen molar-refractivity contribution in [3.63, 3.8) is 0 Å². The summed E-state index contributed by atoms with van der Waals surface area (Å²) in [6.45, 7) is 8.28. The largest absolute Gasteiger partial charge is 0.494 e. The predicted molar refractivity (Wildman–Crippen MR) is 92.3 cm³/mol. The predicted octanol–water partition coefficient (Wildman–Crippen LogP) is 4.45. The maximum absolute atomic E-state index is 5.82. The van der Waals surface area contributed by atoms with Crippen LogP contribution in [-0.4, -0.2) is 26.2 Å². The van der Waals surface area contributed by atoms with Gasteiger partial charge in [0.05, 0.1) is 6.61 Å². The Morgan fingerprint density at radius 2 is 1.76 bits per heavy atom. The molecular weight excluding hydrogens is 260 g/mol. The Hall–Kier alpha value is -1.22. The molecule has 120 valence electrons. The Kier molecular flexibility index (Phi) is 10.6. The number of rotatable bonds is 13. The van der Waals surface area contributed by atoms with Crippen molar-refractivity contribution >= 4 is 5.69 Å². The highest BCUT2D eigenvalue weighted by Crippen LogP contribution is 2.17. The molecule has 0 saturated carbocycles. The summed E-state index contributed by atoms with van der Waals surface area (Å²) < 4.78 is 5.82. The van der Waals surface area contributed by atoms with E-state index in [2.05, 4.69) is 36.6 Å². The van der Waals surface area contributed by atoms with Crippen molar-refractivity contribution in [2.24, 2.45) is 0 Å². The number of ether oxygens (including phenoxy) is 1. The zero-order valence-electron chi connectivity index (χ0n) is 13.8. The van der Waals surface area contributed by atoms with Crippen molar-refractivity contribution in [2.75, 3.05) is 31.6 Å². The molecule has 0 radical (unpaired) electrons. The van der Waals surface area contributed by atoms with Gasteiger partial charge >= 0.3 is 0 Å². The van der Waals surface area contributed by atoms with E-state index in [0.717, 1.165) is 44.1 Å². The number of hydrogen-bond acceptors (Lipinski definition) is 3. The average molecular weight is 292 g/mol. The second kappa shape index (κ2) is 12.5. The summed E-state index contributed by atoms with van der Waals surface area (Å²) in [4.78, 5) is 0. The molecule has 0 spiro atoms. The van der Waals surface area contributed by atoms with Gasteiger partial charge in [0.1, 0.15) is 5.75 Å². The van der Waals surface area contributed by atoms with Gasteiger partial charge in [0, 0.05) is 24.8 Å². The molecule has 0 aliphatic carbocycles. The van der Waals surface area contributed by atoms with Crippen LogP contribution in [0.15, 0.2) is 24.3 Å². The van der Waals surface area contributed by atoms with Crippen molar-refractivity contribution in [2.45, 2.75) is 52.4 Å². The second-order valence-corrected chi connectivity index (χ2v) is 5.47. The molecule has 0 aromatic heterocycles. The minimum atomic E-state index is 0.825. The molecule has 2 N–H and O–H groups in total. The second-order valence-electron chi connectivity index (χ2n) is 5.47. The summed E-state index contributed by atoms with van der Waals surface area (Å²) in [5, 5.41) is 6.80. The monoisotopic (exact) mass is 292 g/mol. The third kappa shape index (κ3) is 9.35. The van der Waals surface area contributed by atoms with Crippen molar-refractivity contribution in [1.82, 2.24) is 5.32 Å². The molecular formula is C18H32N2O. The molecule has 0 heterocycles. The first-order valence-electron chi connectivity index (χ1n) is 8.54. The SMILES string of the molecule is CCCCCCCOc1cccc(NCCNCCC)c1. The van der Waals surface area contributed by atoms with Crippen molar-refractivity contribution in [3.05, 3.63) is 24.3 Å². The Morgan fingerprint density at radius 3 is 2.57 bits per heavy atom. The Balaban J connectivity index is 2.16. The molecule has 0 unspecified atom stereocenters. The molecule has 0 aliphatic rings. The number of nitrogens with one attached hydrogen (secondary N) is 2. The van der Waals surface area contributed by atoms with Gasteiger partial charge in [-0.1, -0.05) is 45.6 Å². The third-order valence-corrected chi connectivity index (χ3v) is 3.41. The maximum atomic E-state index is 5.82. The topological polar surface area (TPSA) is 33.3 Å². The van der Waals surface area contributed by atoms with Gasteiger partial charge in [-0.2, -0.15) is 0 Å². The third-order valence-electron chi connectivity index (χ3n) is 3.41. The molecule has 0 amide bonds. The van der Waals surface area contributed by atoms with Gasteiger partial charge in [0.25, 0.3) is 0 Å². The van der Waals surface area contributed by atoms with E-state index in [4.69, 9.17) is 4.74 Å². The summed E-state index contributed by atoms with van der Waals surface area (Å²) >= 11 is 0. The fourth-order valence-corrected chi connectivity index (χ4v) is 2.19. The zero-order chi connectivity index (χ0) is 15.2. The minimum absolute atomic E-state index is 0.825. The van der Waals surface area contributed by atoms with Gasteiger partial charge in [-0.05, 0) is 31.5 Å². The quantitative estimate of drug-likeness (QED) is 0.527. The number of anilines is 1. The van der Waals surface area contributed by atoms with Gasteiger partial charge in [-0.25, -0.2) is 0 Å². The Labute approximate surface area is 130 Å². The van der Waals surface area contributed by atoms with Crippen molar-refractivity contribution in [3.8, 4) is 5.75 Å². The highest BCUT2D eigenvalue weighted by Gasteiger charge is 1.97. The minimum Gasteiger partial charge on any atom is -0.494 e. The van der Waals surface area contributed by atoms with E-state index in [0.29, 0.717) is 0 Å².